The van der Waals surface area contributed by atoms with Crippen LogP contribution in [-0.2, 0) is 9.47 Å². The third-order valence-corrected chi connectivity index (χ3v) is 2.41. The maximum Gasteiger partial charge on any atom is 0.335 e. The van der Waals surface area contributed by atoms with Gasteiger partial charge in [-0.2, -0.15) is 0 Å². The summed E-state index contributed by atoms with van der Waals surface area (Å²) in [5.41, 5.74) is 0.250. The summed E-state index contributed by atoms with van der Waals surface area (Å²) in [5.74, 6) is -0.298. The second-order valence-electron chi connectivity index (χ2n) is 3.71. The molecular weight excluding hydrogens is 224 g/mol. The standard InChI is InChI=1S/C12H14O5/c13-12(14)9-1-3-10(4-2-9)16-5-6-17-11-7-15-8-11/h1-4,11H,5-8H2,(H,13,14). The Kier molecular flexibility index (Phi) is 3.95. The molecule has 17 heavy (non-hydrogen) atoms. The predicted molar refractivity (Wildman–Crippen MR) is 59.5 cm³/mol. The van der Waals surface area contributed by atoms with Gasteiger partial charge in [-0.15, -0.1) is 0 Å². The summed E-state index contributed by atoms with van der Waals surface area (Å²) >= 11 is 0. The first kappa shape index (κ1) is 11.9. The van der Waals surface area contributed by atoms with E-state index in [1.54, 1.807) is 12.1 Å². The molecule has 0 aliphatic carbocycles. The number of carbonyl (C=O) groups is 1. The van der Waals surface area contributed by atoms with Gasteiger partial charge in [0.25, 0.3) is 0 Å². The molecule has 0 amide bonds. The van der Waals surface area contributed by atoms with Crippen molar-refractivity contribution in [3.8, 4) is 5.75 Å². The fraction of sp³-hybridized carbons (Fsp3) is 0.417. The lowest BCUT2D eigenvalue weighted by Gasteiger charge is -2.25. The zero-order chi connectivity index (χ0) is 12.1. The molecule has 1 fully saturated rings. The Morgan fingerprint density at radius 3 is 2.53 bits per heavy atom. The first-order chi connectivity index (χ1) is 8.25. The van der Waals surface area contributed by atoms with Gasteiger partial charge in [0.15, 0.2) is 0 Å². The summed E-state index contributed by atoms with van der Waals surface area (Å²) in [7, 11) is 0. The summed E-state index contributed by atoms with van der Waals surface area (Å²) in [4.78, 5) is 10.6. The van der Waals surface area contributed by atoms with Crippen LogP contribution < -0.4 is 4.74 Å². The van der Waals surface area contributed by atoms with E-state index in [2.05, 4.69) is 0 Å². The molecule has 1 aromatic rings. The minimum absolute atomic E-state index is 0.202. The van der Waals surface area contributed by atoms with E-state index in [0.717, 1.165) is 0 Å². The number of aromatic carboxylic acids is 1. The van der Waals surface area contributed by atoms with Crippen LogP contribution in [0.5, 0.6) is 5.75 Å². The lowest BCUT2D eigenvalue weighted by molar-refractivity contribution is -0.132. The summed E-state index contributed by atoms with van der Waals surface area (Å²) in [6.07, 6.45) is 0.202. The quantitative estimate of drug-likeness (QED) is 0.754. The molecule has 5 nitrogen and oxygen atoms in total. The van der Waals surface area contributed by atoms with Crippen LogP contribution in [0.3, 0.4) is 0 Å². The molecule has 1 heterocycles. The maximum absolute atomic E-state index is 10.6. The monoisotopic (exact) mass is 238 g/mol. The molecular formula is C12H14O5. The summed E-state index contributed by atoms with van der Waals surface area (Å²) < 4.78 is 15.8. The lowest BCUT2D eigenvalue weighted by atomic mass is 10.2. The highest BCUT2D eigenvalue weighted by Crippen LogP contribution is 2.12. The van der Waals surface area contributed by atoms with Crippen LogP contribution in [0.25, 0.3) is 0 Å². The molecule has 0 aromatic heterocycles. The molecule has 92 valence electrons. The van der Waals surface area contributed by atoms with Crippen molar-refractivity contribution in [1.82, 2.24) is 0 Å². The van der Waals surface area contributed by atoms with Crippen molar-refractivity contribution in [2.75, 3.05) is 26.4 Å². The van der Waals surface area contributed by atoms with Crippen molar-refractivity contribution in [2.45, 2.75) is 6.10 Å². The molecule has 1 aliphatic heterocycles. The molecule has 0 unspecified atom stereocenters. The normalized spacial score (nSPS) is 15.3. The minimum atomic E-state index is -0.940. The fourth-order valence-electron chi connectivity index (χ4n) is 1.38. The Morgan fingerprint density at radius 2 is 2.00 bits per heavy atom. The van der Waals surface area contributed by atoms with Crippen LogP contribution in [-0.4, -0.2) is 43.6 Å². The Morgan fingerprint density at radius 1 is 1.29 bits per heavy atom. The Labute approximate surface area is 98.9 Å². The lowest BCUT2D eigenvalue weighted by Crippen LogP contribution is -2.37. The van der Waals surface area contributed by atoms with E-state index in [1.807, 2.05) is 0 Å². The highest BCUT2D eigenvalue weighted by Gasteiger charge is 2.18. The van der Waals surface area contributed by atoms with Gasteiger partial charge in [-0.25, -0.2) is 4.79 Å². The zero-order valence-electron chi connectivity index (χ0n) is 9.30. The van der Waals surface area contributed by atoms with Crippen molar-refractivity contribution in [2.24, 2.45) is 0 Å². The number of carboxylic acid groups (broad SMARTS) is 1. The van der Waals surface area contributed by atoms with E-state index in [4.69, 9.17) is 19.3 Å². The van der Waals surface area contributed by atoms with Gasteiger partial charge in [0.2, 0.25) is 0 Å². The SMILES string of the molecule is O=C(O)c1ccc(OCCOC2COC2)cc1. The smallest absolute Gasteiger partial charge is 0.335 e. The van der Waals surface area contributed by atoms with Crippen LogP contribution >= 0.6 is 0 Å². The van der Waals surface area contributed by atoms with Crippen LogP contribution in [0.4, 0.5) is 0 Å². The zero-order valence-corrected chi connectivity index (χ0v) is 9.30. The van der Waals surface area contributed by atoms with Gasteiger partial charge in [-0.05, 0) is 24.3 Å². The van der Waals surface area contributed by atoms with E-state index >= 15 is 0 Å². The molecule has 1 saturated heterocycles. The molecule has 0 spiro atoms. The van der Waals surface area contributed by atoms with Gasteiger partial charge in [0.05, 0.1) is 25.4 Å². The predicted octanol–water partition coefficient (Wildman–Crippen LogP) is 1.18. The van der Waals surface area contributed by atoms with Crippen LogP contribution in [0.15, 0.2) is 24.3 Å². The van der Waals surface area contributed by atoms with Gasteiger partial charge in [0, 0.05) is 0 Å². The Bertz CT molecular complexity index is 369. The molecule has 0 atom stereocenters. The minimum Gasteiger partial charge on any atom is -0.491 e. The van der Waals surface area contributed by atoms with Crippen molar-refractivity contribution in [3.05, 3.63) is 29.8 Å². The first-order valence-electron chi connectivity index (χ1n) is 5.41. The number of hydrogen-bond donors (Lipinski definition) is 1. The molecule has 0 saturated carbocycles. The van der Waals surface area contributed by atoms with E-state index in [0.29, 0.717) is 32.2 Å². The number of hydrogen-bond acceptors (Lipinski definition) is 4. The van der Waals surface area contributed by atoms with E-state index in [1.165, 1.54) is 12.1 Å². The first-order valence-corrected chi connectivity index (χ1v) is 5.41. The van der Waals surface area contributed by atoms with Crippen molar-refractivity contribution in [3.63, 3.8) is 0 Å². The number of ether oxygens (including phenoxy) is 3. The van der Waals surface area contributed by atoms with Crippen LogP contribution in [0, 0.1) is 0 Å². The molecule has 1 aliphatic rings. The second kappa shape index (κ2) is 5.65. The molecule has 2 rings (SSSR count). The average Bonchev–Trinajstić information content (AvgIpc) is 2.27. The summed E-state index contributed by atoms with van der Waals surface area (Å²) in [6.45, 7) is 2.28. The van der Waals surface area contributed by atoms with Crippen molar-refractivity contribution >= 4 is 5.97 Å². The molecule has 0 radical (unpaired) electrons. The highest BCUT2D eigenvalue weighted by molar-refractivity contribution is 5.87. The molecule has 1 N–H and O–H groups in total. The van der Waals surface area contributed by atoms with Gasteiger partial charge in [-0.1, -0.05) is 0 Å². The van der Waals surface area contributed by atoms with Gasteiger partial charge < -0.3 is 19.3 Å². The summed E-state index contributed by atoms with van der Waals surface area (Å²) in [6, 6.07) is 6.29. The third-order valence-electron chi connectivity index (χ3n) is 2.41. The third kappa shape index (κ3) is 3.44. The molecule has 1 aromatic carbocycles. The average molecular weight is 238 g/mol. The van der Waals surface area contributed by atoms with E-state index in [-0.39, 0.29) is 11.7 Å². The van der Waals surface area contributed by atoms with Crippen molar-refractivity contribution < 1.29 is 24.1 Å². The van der Waals surface area contributed by atoms with Crippen molar-refractivity contribution in [1.29, 1.82) is 0 Å². The number of benzene rings is 1. The Hall–Kier alpha value is -1.59. The Balaban J connectivity index is 1.69. The van der Waals surface area contributed by atoms with Gasteiger partial charge >= 0.3 is 5.97 Å². The van der Waals surface area contributed by atoms with E-state index in [9.17, 15) is 4.79 Å². The molecule has 0 bridgehead atoms. The fourth-order valence-corrected chi connectivity index (χ4v) is 1.38. The van der Waals surface area contributed by atoms with Crippen LogP contribution in [0.1, 0.15) is 10.4 Å². The highest BCUT2D eigenvalue weighted by atomic mass is 16.6. The maximum atomic E-state index is 10.6. The van der Waals surface area contributed by atoms with Gasteiger partial charge in [-0.3, -0.25) is 0 Å². The largest absolute Gasteiger partial charge is 0.491 e. The molecule has 5 heteroatoms. The topological polar surface area (TPSA) is 65.0 Å². The van der Waals surface area contributed by atoms with Crippen LogP contribution in [0.2, 0.25) is 0 Å². The van der Waals surface area contributed by atoms with Gasteiger partial charge in [0.1, 0.15) is 18.5 Å². The second-order valence-corrected chi connectivity index (χ2v) is 3.71. The van der Waals surface area contributed by atoms with E-state index < -0.39 is 5.97 Å². The number of rotatable bonds is 6. The summed E-state index contributed by atoms with van der Waals surface area (Å²) in [5, 5.41) is 8.71. The number of carboxylic acids is 1.